The van der Waals surface area contributed by atoms with Gasteiger partial charge in [0.2, 0.25) is 0 Å². The van der Waals surface area contributed by atoms with Crippen LogP contribution in [-0.4, -0.2) is 23.3 Å². The third-order valence-corrected chi connectivity index (χ3v) is 5.01. The third-order valence-electron chi connectivity index (χ3n) is 4.07. The fraction of sp³-hybridized carbons (Fsp3) is 0.227. The Morgan fingerprint density at radius 1 is 1.03 bits per heavy atom. The zero-order chi connectivity index (χ0) is 20.6. The van der Waals surface area contributed by atoms with E-state index in [-0.39, 0.29) is 31.0 Å². The maximum atomic E-state index is 13.0. The van der Waals surface area contributed by atoms with E-state index in [9.17, 15) is 14.0 Å². The maximum Gasteiger partial charge on any atom is 0.306 e. The number of ether oxygens (including phenoxy) is 2. The molecule has 3 rings (SSSR count). The van der Waals surface area contributed by atoms with Gasteiger partial charge in [-0.05, 0) is 55.5 Å². The molecule has 0 aliphatic carbocycles. The minimum atomic E-state index is -0.458. The largest absolute Gasteiger partial charge is 0.494 e. The molecule has 0 saturated carbocycles. The first-order valence-electron chi connectivity index (χ1n) is 9.17. The molecule has 0 aliphatic heterocycles. The van der Waals surface area contributed by atoms with Gasteiger partial charge in [0, 0.05) is 22.9 Å². The van der Waals surface area contributed by atoms with Crippen LogP contribution in [0.2, 0.25) is 0 Å². The smallest absolute Gasteiger partial charge is 0.306 e. The number of rotatable bonds is 9. The van der Waals surface area contributed by atoms with Gasteiger partial charge in [-0.25, -0.2) is 9.37 Å². The van der Waals surface area contributed by atoms with Crippen molar-refractivity contribution in [3.63, 3.8) is 0 Å². The van der Waals surface area contributed by atoms with Crippen LogP contribution in [0.1, 0.15) is 35.8 Å². The van der Waals surface area contributed by atoms with Gasteiger partial charge in [-0.2, -0.15) is 0 Å². The lowest BCUT2D eigenvalue weighted by molar-refractivity contribution is -0.145. The topological polar surface area (TPSA) is 65.5 Å². The van der Waals surface area contributed by atoms with Crippen LogP contribution in [-0.2, 0) is 16.1 Å². The zero-order valence-electron chi connectivity index (χ0n) is 15.9. The van der Waals surface area contributed by atoms with Crippen LogP contribution in [0.15, 0.2) is 53.9 Å². The molecular formula is C22H20FNO4S. The lowest BCUT2D eigenvalue weighted by Gasteiger charge is -2.05. The van der Waals surface area contributed by atoms with Gasteiger partial charge in [0.05, 0.1) is 18.7 Å². The number of thiazole rings is 1. The normalized spacial score (nSPS) is 10.6. The van der Waals surface area contributed by atoms with Crippen LogP contribution in [0.4, 0.5) is 4.39 Å². The second kappa shape index (κ2) is 9.93. The second-order valence-corrected chi connectivity index (χ2v) is 7.05. The second-order valence-electron chi connectivity index (χ2n) is 6.19. The first kappa shape index (κ1) is 20.7. The summed E-state index contributed by atoms with van der Waals surface area (Å²) in [7, 11) is 0. The number of nitrogens with zero attached hydrogens (tertiary/aromatic N) is 1. The van der Waals surface area contributed by atoms with Crippen molar-refractivity contribution >= 4 is 23.1 Å². The predicted octanol–water partition coefficient (Wildman–Crippen LogP) is 5.05. The van der Waals surface area contributed by atoms with Crippen LogP contribution < -0.4 is 4.74 Å². The van der Waals surface area contributed by atoms with Crippen molar-refractivity contribution in [1.82, 2.24) is 4.98 Å². The Morgan fingerprint density at radius 3 is 2.45 bits per heavy atom. The SMILES string of the molecule is CCOc1ccc(C(=O)CCC(=O)OCc2csc(-c3ccc(F)cc3)n2)cc1. The summed E-state index contributed by atoms with van der Waals surface area (Å²) < 4.78 is 23.5. The molecule has 29 heavy (non-hydrogen) atoms. The quantitative estimate of drug-likeness (QED) is 0.363. The van der Waals surface area contributed by atoms with Gasteiger partial charge in [-0.1, -0.05) is 0 Å². The number of Topliss-reactive ketones (excluding diaryl/α,β-unsaturated/α-hetero) is 1. The Kier molecular flexibility index (Phi) is 7.08. The fourth-order valence-corrected chi connectivity index (χ4v) is 3.40. The molecule has 0 unspecified atom stereocenters. The highest BCUT2D eigenvalue weighted by atomic mass is 32.1. The number of aromatic nitrogens is 1. The van der Waals surface area contributed by atoms with Crippen molar-refractivity contribution in [3.05, 3.63) is 71.0 Å². The number of ketones is 1. The number of hydrogen-bond donors (Lipinski definition) is 0. The van der Waals surface area contributed by atoms with Crippen LogP contribution in [0.5, 0.6) is 5.75 Å². The average Bonchev–Trinajstić information content (AvgIpc) is 3.21. The van der Waals surface area contributed by atoms with Crippen LogP contribution in [0, 0.1) is 5.82 Å². The van der Waals surface area contributed by atoms with Gasteiger partial charge in [0.25, 0.3) is 0 Å². The van der Waals surface area contributed by atoms with Crippen LogP contribution >= 0.6 is 11.3 Å². The molecule has 0 aliphatic rings. The number of hydrogen-bond acceptors (Lipinski definition) is 6. The Bertz CT molecular complexity index is 967. The molecule has 7 heteroatoms. The molecule has 3 aromatic rings. The van der Waals surface area contributed by atoms with E-state index < -0.39 is 5.97 Å². The summed E-state index contributed by atoms with van der Waals surface area (Å²) in [4.78, 5) is 28.5. The molecule has 0 amide bonds. The molecule has 0 N–H and O–H groups in total. The van der Waals surface area contributed by atoms with E-state index in [1.807, 2.05) is 6.92 Å². The van der Waals surface area contributed by atoms with E-state index in [2.05, 4.69) is 4.98 Å². The summed E-state index contributed by atoms with van der Waals surface area (Å²) in [6.45, 7) is 2.48. The molecule has 1 heterocycles. The molecule has 0 fully saturated rings. The van der Waals surface area contributed by atoms with Gasteiger partial charge in [0.15, 0.2) is 5.78 Å². The predicted molar refractivity (Wildman–Crippen MR) is 108 cm³/mol. The number of carbonyl (C=O) groups is 2. The molecule has 1 aromatic heterocycles. The number of esters is 1. The lowest BCUT2D eigenvalue weighted by Crippen LogP contribution is -2.08. The number of benzene rings is 2. The first-order valence-corrected chi connectivity index (χ1v) is 10.0. The Labute approximate surface area is 172 Å². The van der Waals surface area contributed by atoms with Gasteiger partial charge in [0.1, 0.15) is 23.2 Å². The van der Waals surface area contributed by atoms with Crippen molar-refractivity contribution in [1.29, 1.82) is 0 Å². The highest BCUT2D eigenvalue weighted by Crippen LogP contribution is 2.24. The molecule has 2 aromatic carbocycles. The summed E-state index contributed by atoms with van der Waals surface area (Å²) in [5.41, 5.74) is 1.94. The van der Waals surface area contributed by atoms with Crippen molar-refractivity contribution in [2.45, 2.75) is 26.4 Å². The molecule has 150 valence electrons. The van der Waals surface area contributed by atoms with Gasteiger partial charge in [-0.15, -0.1) is 11.3 Å². The molecule has 0 saturated heterocycles. The average molecular weight is 413 g/mol. The molecule has 0 spiro atoms. The van der Waals surface area contributed by atoms with E-state index in [4.69, 9.17) is 9.47 Å². The molecular weight excluding hydrogens is 393 g/mol. The van der Waals surface area contributed by atoms with Gasteiger partial charge in [-0.3, -0.25) is 9.59 Å². The van der Waals surface area contributed by atoms with Crippen molar-refractivity contribution in [2.24, 2.45) is 0 Å². The fourth-order valence-electron chi connectivity index (χ4n) is 2.59. The van der Waals surface area contributed by atoms with Crippen molar-refractivity contribution in [3.8, 4) is 16.3 Å². The van der Waals surface area contributed by atoms with Crippen molar-refractivity contribution in [2.75, 3.05) is 6.61 Å². The van der Waals surface area contributed by atoms with E-state index in [1.165, 1.54) is 23.5 Å². The molecule has 0 radical (unpaired) electrons. The summed E-state index contributed by atoms with van der Waals surface area (Å²) >= 11 is 1.39. The van der Waals surface area contributed by atoms with Gasteiger partial charge >= 0.3 is 5.97 Å². The van der Waals surface area contributed by atoms with Crippen molar-refractivity contribution < 1.29 is 23.5 Å². The molecule has 5 nitrogen and oxygen atoms in total. The third kappa shape index (κ3) is 5.96. The minimum Gasteiger partial charge on any atom is -0.494 e. The Morgan fingerprint density at radius 2 is 1.76 bits per heavy atom. The molecule has 0 atom stereocenters. The van der Waals surface area contributed by atoms with E-state index in [1.54, 1.807) is 41.8 Å². The van der Waals surface area contributed by atoms with Crippen LogP contribution in [0.25, 0.3) is 10.6 Å². The van der Waals surface area contributed by atoms with Gasteiger partial charge < -0.3 is 9.47 Å². The summed E-state index contributed by atoms with van der Waals surface area (Å²) in [5.74, 6) is -0.191. The summed E-state index contributed by atoms with van der Waals surface area (Å²) in [6.07, 6.45) is 0.0751. The highest BCUT2D eigenvalue weighted by Gasteiger charge is 2.12. The zero-order valence-corrected chi connectivity index (χ0v) is 16.7. The summed E-state index contributed by atoms with van der Waals surface area (Å²) in [6, 6.07) is 12.9. The van der Waals surface area contributed by atoms with E-state index >= 15 is 0 Å². The standard InChI is InChI=1S/C22H20FNO4S/c1-2-27-19-9-5-15(6-10-19)20(25)11-12-21(26)28-13-18-14-29-22(24-18)16-3-7-17(23)8-4-16/h3-10,14H,2,11-13H2,1H3. The Hall–Kier alpha value is -3.06. The highest BCUT2D eigenvalue weighted by molar-refractivity contribution is 7.13. The lowest BCUT2D eigenvalue weighted by atomic mass is 10.1. The van der Waals surface area contributed by atoms with E-state index in [0.717, 1.165) is 10.6 Å². The minimum absolute atomic E-state index is 0.000993. The summed E-state index contributed by atoms with van der Waals surface area (Å²) in [5, 5.41) is 2.51. The monoisotopic (exact) mass is 413 g/mol. The Balaban J connectivity index is 1.45. The molecule has 0 bridgehead atoms. The maximum absolute atomic E-state index is 13.0. The number of halogens is 1. The van der Waals surface area contributed by atoms with E-state index in [0.29, 0.717) is 23.6 Å². The van der Waals surface area contributed by atoms with Crippen LogP contribution in [0.3, 0.4) is 0 Å². The number of carbonyl (C=O) groups excluding carboxylic acids is 2. The first-order chi connectivity index (χ1) is 14.0.